The van der Waals surface area contributed by atoms with Gasteiger partial charge in [0.25, 0.3) is 0 Å². The van der Waals surface area contributed by atoms with Crippen molar-refractivity contribution in [3.8, 4) is 5.75 Å². The summed E-state index contributed by atoms with van der Waals surface area (Å²) < 4.78 is 18.7. The zero-order valence-electron chi connectivity index (χ0n) is 11.7. The smallest absolute Gasteiger partial charge is 0.180 e. The van der Waals surface area contributed by atoms with Gasteiger partial charge in [-0.1, -0.05) is 31.2 Å². The van der Waals surface area contributed by atoms with Crippen molar-refractivity contribution in [2.24, 2.45) is 0 Å². The van der Waals surface area contributed by atoms with Crippen LogP contribution in [-0.4, -0.2) is 11.2 Å². The minimum atomic E-state index is -0.525. The van der Waals surface area contributed by atoms with Crippen LogP contribution in [0, 0.1) is 5.82 Å². The van der Waals surface area contributed by atoms with Crippen molar-refractivity contribution in [1.29, 1.82) is 0 Å². The van der Waals surface area contributed by atoms with Crippen LogP contribution < -0.4 is 4.74 Å². The fourth-order valence-electron chi connectivity index (χ4n) is 1.90. The molecule has 4 heteroatoms. The average molecular weight is 307 g/mol. The van der Waals surface area contributed by atoms with Crippen LogP contribution in [0.4, 0.5) is 4.39 Å². The van der Waals surface area contributed by atoms with Gasteiger partial charge in [-0.2, -0.15) is 0 Å². The van der Waals surface area contributed by atoms with Crippen molar-refractivity contribution in [1.82, 2.24) is 0 Å². The molecule has 2 aromatic carbocycles. The summed E-state index contributed by atoms with van der Waals surface area (Å²) in [4.78, 5) is 12.0. The zero-order valence-corrected chi connectivity index (χ0v) is 12.4. The average Bonchev–Trinajstić information content (AvgIpc) is 2.52. The fraction of sp³-hybridized carbons (Fsp3) is 0.235. The summed E-state index contributed by atoms with van der Waals surface area (Å²) in [6.45, 7) is 2.10. The third-order valence-corrected chi connectivity index (χ3v) is 3.56. The Labute approximate surface area is 128 Å². The SMILES string of the molecule is CCC(Cl)C(=O)c1cccc(OCc2cccc(F)c2)c1. The van der Waals surface area contributed by atoms with Crippen LogP contribution >= 0.6 is 11.6 Å². The molecule has 0 aromatic heterocycles. The molecule has 0 saturated heterocycles. The van der Waals surface area contributed by atoms with Gasteiger partial charge in [-0.3, -0.25) is 4.79 Å². The summed E-state index contributed by atoms with van der Waals surface area (Å²) >= 11 is 5.96. The minimum Gasteiger partial charge on any atom is -0.489 e. The van der Waals surface area contributed by atoms with E-state index in [-0.39, 0.29) is 18.2 Å². The molecule has 0 spiro atoms. The number of Topliss-reactive ketones (excluding diaryl/α,β-unsaturated/α-hetero) is 1. The van der Waals surface area contributed by atoms with Gasteiger partial charge in [0.1, 0.15) is 18.2 Å². The lowest BCUT2D eigenvalue weighted by atomic mass is 10.1. The maximum atomic E-state index is 13.1. The second kappa shape index (κ2) is 7.23. The number of rotatable bonds is 6. The molecule has 0 bridgehead atoms. The Morgan fingerprint density at radius 3 is 2.71 bits per heavy atom. The van der Waals surface area contributed by atoms with Crippen LogP contribution in [0.5, 0.6) is 5.75 Å². The van der Waals surface area contributed by atoms with E-state index in [1.807, 2.05) is 6.92 Å². The molecule has 0 amide bonds. The van der Waals surface area contributed by atoms with Crippen molar-refractivity contribution < 1.29 is 13.9 Å². The number of ketones is 1. The van der Waals surface area contributed by atoms with E-state index in [0.717, 1.165) is 5.56 Å². The third-order valence-electron chi connectivity index (χ3n) is 3.06. The quantitative estimate of drug-likeness (QED) is 0.575. The predicted molar refractivity (Wildman–Crippen MR) is 81.4 cm³/mol. The lowest BCUT2D eigenvalue weighted by molar-refractivity contribution is 0.0985. The highest BCUT2D eigenvalue weighted by Crippen LogP contribution is 2.19. The van der Waals surface area contributed by atoms with Crippen LogP contribution in [0.2, 0.25) is 0 Å². The van der Waals surface area contributed by atoms with E-state index in [1.54, 1.807) is 36.4 Å². The number of hydrogen-bond donors (Lipinski definition) is 0. The molecule has 2 rings (SSSR count). The van der Waals surface area contributed by atoms with E-state index in [1.165, 1.54) is 12.1 Å². The zero-order chi connectivity index (χ0) is 15.2. The van der Waals surface area contributed by atoms with Crippen LogP contribution in [0.3, 0.4) is 0 Å². The highest BCUT2D eigenvalue weighted by atomic mass is 35.5. The number of hydrogen-bond acceptors (Lipinski definition) is 2. The number of carbonyl (C=O) groups excluding carboxylic acids is 1. The van der Waals surface area contributed by atoms with Gasteiger partial charge in [0.2, 0.25) is 0 Å². The molecule has 2 aromatic rings. The Hall–Kier alpha value is -1.87. The van der Waals surface area contributed by atoms with Crippen molar-refractivity contribution in [2.75, 3.05) is 0 Å². The normalized spacial score (nSPS) is 12.0. The standard InChI is InChI=1S/C17H16ClFO2/c1-2-16(18)17(20)13-6-4-8-15(10-13)21-11-12-5-3-7-14(19)9-12/h3-10,16H,2,11H2,1H3. The van der Waals surface area contributed by atoms with Crippen LogP contribution in [-0.2, 0) is 6.61 Å². The second-order valence-corrected chi connectivity index (χ2v) is 5.21. The molecule has 0 fully saturated rings. The molecule has 0 saturated carbocycles. The lowest BCUT2D eigenvalue weighted by Gasteiger charge is -2.09. The highest BCUT2D eigenvalue weighted by Gasteiger charge is 2.15. The Balaban J connectivity index is 2.06. The van der Waals surface area contributed by atoms with Crippen molar-refractivity contribution in [2.45, 2.75) is 25.3 Å². The van der Waals surface area contributed by atoms with Gasteiger partial charge in [0, 0.05) is 5.56 Å². The van der Waals surface area contributed by atoms with Crippen molar-refractivity contribution >= 4 is 17.4 Å². The molecule has 21 heavy (non-hydrogen) atoms. The summed E-state index contributed by atoms with van der Waals surface area (Å²) in [7, 11) is 0. The summed E-state index contributed by atoms with van der Waals surface area (Å²) in [6.07, 6.45) is 0.578. The number of carbonyl (C=O) groups is 1. The molecule has 0 aliphatic rings. The molecule has 0 radical (unpaired) electrons. The molecule has 0 N–H and O–H groups in total. The number of halogens is 2. The molecule has 1 unspecified atom stereocenters. The minimum absolute atomic E-state index is 0.115. The first-order valence-electron chi connectivity index (χ1n) is 6.75. The highest BCUT2D eigenvalue weighted by molar-refractivity contribution is 6.33. The van der Waals surface area contributed by atoms with E-state index in [4.69, 9.17) is 16.3 Å². The van der Waals surface area contributed by atoms with E-state index in [0.29, 0.717) is 17.7 Å². The van der Waals surface area contributed by atoms with Crippen LogP contribution in [0.25, 0.3) is 0 Å². The molecule has 0 aliphatic carbocycles. The van der Waals surface area contributed by atoms with Crippen molar-refractivity contribution in [3.05, 3.63) is 65.5 Å². The van der Waals surface area contributed by atoms with Gasteiger partial charge in [0.05, 0.1) is 5.38 Å². The van der Waals surface area contributed by atoms with Crippen molar-refractivity contribution in [3.63, 3.8) is 0 Å². The maximum absolute atomic E-state index is 13.1. The van der Waals surface area contributed by atoms with Crippen LogP contribution in [0.15, 0.2) is 48.5 Å². The Morgan fingerprint density at radius 2 is 2.00 bits per heavy atom. The lowest BCUT2D eigenvalue weighted by Crippen LogP contribution is -2.13. The topological polar surface area (TPSA) is 26.3 Å². The number of ether oxygens (including phenoxy) is 1. The Bertz CT molecular complexity index is 628. The van der Waals surface area contributed by atoms with Gasteiger partial charge in [-0.15, -0.1) is 11.6 Å². The largest absolute Gasteiger partial charge is 0.489 e. The van der Waals surface area contributed by atoms with Gasteiger partial charge in [0.15, 0.2) is 5.78 Å². The fourth-order valence-corrected chi connectivity index (χ4v) is 2.02. The number of benzene rings is 2. The monoisotopic (exact) mass is 306 g/mol. The van der Waals surface area contributed by atoms with E-state index < -0.39 is 5.38 Å². The molecule has 2 nitrogen and oxygen atoms in total. The molecular weight excluding hydrogens is 291 g/mol. The Morgan fingerprint density at radius 1 is 1.24 bits per heavy atom. The van der Waals surface area contributed by atoms with Gasteiger partial charge >= 0.3 is 0 Å². The van der Waals surface area contributed by atoms with Gasteiger partial charge < -0.3 is 4.74 Å². The first-order chi connectivity index (χ1) is 10.1. The molecule has 0 aliphatic heterocycles. The molecular formula is C17H16ClFO2. The predicted octanol–water partition coefficient (Wildman–Crippen LogP) is 4.60. The molecule has 1 atom stereocenters. The first kappa shape index (κ1) is 15.5. The first-order valence-corrected chi connectivity index (χ1v) is 7.19. The molecule has 0 heterocycles. The summed E-state index contributed by atoms with van der Waals surface area (Å²) in [5, 5.41) is -0.525. The van der Waals surface area contributed by atoms with Crippen LogP contribution in [0.1, 0.15) is 29.3 Å². The third kappa shape index (κ3) is 4.30. The van der Waals surface area contributed by atoms with E-state index >= 15 is 0 Å². The summed E-state index contributed by atoms with van der Waals surface area (Å²) in [5.74, 6) is 0.147. The summed E-state index contributed by atoms with van der Waals surface area (Å²) in [5.41, 5.74) is 1.25. The molecule has 110 valence electrons. The van der Waals surface area contributed by atoms with E-state index in [9.17, 15) is 9.18 Å². The summed E-state index contributed by atoms with van der Waals surface area (Å²) in [6, 6.07) is 13.1. The van der Waals surface area contributed by atoms with Gasteiger partial charge in [-0.05, 0) is 36.2 Å². The maximum Gasteiger partial charge on any atom is 0.180 e. The Kier molecular flexibility index (Phi) is 5.34. The number of alkyl halides is 1. The second-order valence-electron chi connectivity index (χ2n) is 4.69. The van der Waals surface area contributed by atoms with E-state index in [2.05, 4.69) is 0 Å². The van der Waals surface area contributed by atoms with Gasteiger partial charge in [-0.25, -0.2) is 4.39 Å².